The summed E-state index contributed by atoms with van der Waals surface area (Å²) in [6.07, 6.45) is 5.43. The van der Waals surface area contributed by atoms with Crippen molar-refractivity contribution in [1.29, 1.82) is 0 Å². The van der Waals surface area contributed by atoms with E-state index in [4.69, 9.17) is 0 Å². The van der Waals surface area contributed by atoms with Gasteiger partial charge in [0.25, 0.3) is 0 Å². The predicted octanol–water partition coefficient (Wildman–Crippen LogP) is 2.92. The first kappa shape index (κ1) is 21.4. The highest BCUT2D eigenvalue weighted by Gasteiger charge is 2.45. The van der Waals surface area contributed by atoms with Gasteiger partial charge in [-0.25, -0.2) is 9.67 Å². The molecule has 2 heterocycles. The average molecular weight is 444 g/mol. The van der Waals surface area contributed by atoms with Crippen LogP contribution in [0.2, 0.25) is 0 Å². The summed E-state index contributed by atoms with van der Waals surface area (Å²) in [7, 11) is 0. The Labute approximate surface area is 193 Å². The van der Waals surface area contributed by atoms with Crippen molar-refractivity contribution < 1.29 is 9.59 Å². The van der Waals surface area contributed by atoms with Crippen molar-refractivity contribution in [2.45, 2.75) is 51.7 Å². The van der Waals surface area contributed by atoms with Gasteiger partial charge in [-0.2, -0.15) is 5.10 Å². The Morgan fingerprint density at radius 1 is 1.03 bits per heavy atom. The third-order valence-electron chi connectivity index (χ3n) is 6.75. The molecule has 170 valence electrons. The molecule has 2 aliphatic rings. The van der Waals surface area contributed by atoms with Crippen LogP contribution >= 0.6 is 0 Å². The minimum atomic E-state index is -0.484. The van der Waals surface area contributed by atoms with Gasteiger partial charge in [0, 0.05) is 6.54 Å². The van der Waals surface area contributed by atoms with Gasteiger partial charge in [-0.1, -0.05) is 50.2 Å². The lowest BCUT2D eigenvalue weighted by Gasteiger charge is -2.41. The van der Waals surface area contributed by atoms with Crippen LogP contribution in [0.4, 0.5) is 0 Å². The quantitative estimate of drug-likeness (QED) is 0.635. The van der Waals surface area contributed by atoms with Gasteiger partial charge in [0.1, 0.15) is 24.7 Å². The Morgan fingerprint density at radius 3 is 2.33 bits per heavy atom. The number of nitrogens with zero attached hydrogens (tertiary/aromatic N) is 4. The van der Waals surface area contributed by atoms with Crippen LogP contribution in [-0.4, -0.2) is 43.6 Å². The number of hydrogen-bond acceptors (Lipinski definition) is 4. The lowest BCUT2D eigenvalue weighted by molar-refractivity contribution is -0.152. The molecule has 1 aliphatic heterocycles. The molecule has 1 fully saturated rings. The zero-order valence-corrected chi connectivity index (χ0v) is 19.0. The van der Waals surface area contributed by atoms with E-state index in [9.17, 15) is 9.59 Å². The molecule has 2 amide bonds. The van der Waals surface area contributed by atoms with Crippen molar-refractivity contribution in [3.05, 3.63) is 77.9 Å². The minimum absolute atomic E-state index is 0.0263. The number of carbonyl (C=O) groups is 2. The lowest BCUT2D eigenvalue weighted by Crippen LogP contribution is -2.65. The van der Waals surface area contributed by atoms with Crippen LogP contribution < -0.4 is 5.32 Å². The van der Waals surface area contributed by atoms with Gasteiger partial charge in [0.2, 0.25) is 11.8 Å². The van der Waals surface area contributed by atoms with Crippen LogP contribution in [0.5, 0.6) is 0 Å². The third kappa shape index (κ3) is 4.27. The monoisotopic (exact) mass is 443 g/mol. The number of piperazine rings is 1. The lowest BCUT2D eigenvalue weighted by atomic mass is 9.90. The van der Waals surface area contributed by atoms with Crippen molar-refractivity contribution in [1.82, 2.24) is 25.0 Å². The maximum atomic E-state index is 13.7. The maximum absolute atomic E-state index is 13.7. The fraction of sp³-hybridized carbons (Fsp3) is 0.385. The van der Waals surface area contributed by atoms with Crippen LogP contribution in [-0.2, 0) is 29.0 Å². The smallest absolute Gasteiger partial charge is 0.246 e. The van der Waals surface area contributed by atoms with E-state index in [-0.39, 0.29) is 17.7 Å². The standard InChI is InChI=1S/C26H29N5O2/c1-17(2)11-23-25(32)29-24(21-12-19-5-3-4-6-20(19)13-21)26(33)30(23)14-18-7-9-22(10-8-18)31-16-27-15-28-31/h3-10,15-17,21,23-24H,11-14H2,1-2H3,(H,29,32)/t23-,24-/m1/s1. The van der Waals surface area contributed by atoms with E-state index in [0.29, 0.717) is 18.9 Å². The molecule has 2 atom stereocenters. The number of carbonyl (C=O) groups excluding carboxylic acids is 2. The van der Waals surface area contributed by atoms with Gasteiger partial charge in [0.15, 0.2) is 0 Å². The van der Waals surface area contributed by atoms with Crippen molar-refractivity contribution in [2.75, 3.05) is 0 Å². The Morgan fingerprint density at radius 2 is 1.73 bits per heavy atom. The van der Waals surface area contributed by atoms with Crippen LogP contribution in [0.1, 0.15) is 37.0 Å². The molecule has 5 rings (SSSR count). The van der Waals surface area contributed by atoms with Crippen molar-refractivity contribution in [3.63, 3.8) is 0 Å². The van der Waals surface area contributed by atoms with Crippen LogP contribution in [0, 0.1) is 11.8 Å². The zero-order valence-electron chi connectivity index (χ0n) is 19.0. The molecule has 0 spiro atoms. The Balaban J connectivity index is 1.38. The van der Waals surface area contributed by atoms with Gasteiger partial charge in [-0.3, -0.25) is 9.59 Å². The molecule has 3 aromatic rings. The molecule has 7 heteroatoms. The second kappa shape index (κ2) is 8.81. The molecular weight excluding hydrogens is 414 g/mol. The summed E-state index contributed by atoms with van der Waals surface area (Å²) < 4.78 is 1.69. The number of hydrogen-bond donors (Lipinski definition) is 1. The summed E-state index contributed by atoms with van der Waals surface area (Å²) in [5.74, 6) is 0.385. The molecule has 1 saturated heterocycles. The van der Waals surface area contributed by atoms with E-state index >= 15 is 0 Å². The number of aromatic nitrogens is 3. The summed E-state index contributed by atoms with van der Waals surface area (Å²) in [5.41, 5.74) is 4.46. The van der Waals surface area contributed by atoms with Crippen LogP contribution in [0.3, 0.4) is 0 Å². The van der Waals surface area contributed by atoms with Crippen molar-refractivity contribution in [2.24, 2.45) is 11.8 Å². The normalized spacial score (nSPS) is 20.9. The highest BCUT2D eigenvalue weighted by Crippen LogP contribution is 2.32. The Bertz CT molecular complexity index is 1110. The van der Waals surface area contributed by atoms with E-state index in [0.717, 1.165) is 24.1 Å². The molecule has 1 aromatic heterocycles. The zero-order chi connectivity index (χ0) is 22.9. The number of nitrogens with one attached hydrogen (secondary N) is 1. The van der Waals surface area contributed by atoms with E-state index in [1.807, 2.05) is 36.4 Å². The number of amides is 2. The summed E-state index contributed by atoms with van der Waals surface area (Å²) in [4.78, 5) is 32.7. The average Bonchev–Trinajstić information content (AvgIpc) is 3.48. The number of rotatable bonds is 6. The van der Waals surface area contributed by atoms with Gasteiger partial charge in [-0.05, 0) is 59.9 Å². The van der Waals surface area contributed by atoms with Gasteiger partial charge < -0.3 is 10.2 Å². The minimum Gasteiger partial charge on any atom is -0.342 e. The summed E-state index contributed by atoms with van der Waals surface area (Å²) in [6, 6.07) is 15.3. The van der Waals surface area contributed by atoms with Gasteiger partial charge >= 0.3 is 0 Å². The molecule has 0 radical (unpaired) electrons. The van der Waals surface area contributed by atoms with Crippen molar-refractivity contribution >= 4 is 11.8 Å². The SMILES string of the molecule is CC(C)C[C@@H]1C(=O)N[C@H](C2Cc3ccccc3C2)C(=O)N1Cc1ccc(-n2cncn2)cc1. The Hall–Kier alpha value is -3.48. The number of benzene rings is 2. The molecular formula is C26H29N5O2. The molecule has 0 unspecified atom stereocenters. The van der Waals surface area contributed by atoms with Crippen molar-refractivity contribution in [3.8, 4) is 5.69 Å². The fourth-order valence-electron chi connectivity index (χ4n) is 5.09. The summed E-state index contributed by atoms with van der Waals surface area (Å²) in [5, 5.41) is 7.25. The van der Waals surface area contributed by atoms with E-state index in [1.165, 1.54) is 17.5 Å². The van der Waals surface area contributed by atoms with E-state index in [2.05, 4.69) is 41.4 Å². The molecule has 0 saturated carbocycles. The first-order valence-corrected chi connectivity index (χ1v) is 11.6. The molecule has 1 aliphatic carbocycles. The Kier molecular flexibility index (Phi) is 5.70. The molecule has 7 nitrogen and oxygen atoms in total. The van der Waals surface area contributed by atoms with Crippen LogP contribution in [0.25, 0.3) is 5.69 Å². The topological polar surface area (TPSA) is 80.1 Å². The summed E-state index contributed by atoms with van der Waals surface area (Å²) >= 11 is 0. The maximum Gasteiger partial charge on any atom is 0.246 e. The molecule has 2 aromatic carbocycles. The van der Waals surface area contributed by atoms with E-state index < -0.39 is 12.1 Å². The molecule has 33 heavy (non-hydrogen) atoms. The highest BCUT2D eigenvalue weighted by molar-refractivity contribution is 5.97. The number of fused-ring (bicyclic) bond motifs is 1. The van der Waals surface area contributed by atoms with Crippen LogP contribution in [0.15, 0.2) is 61.2 Å². The second-order valence-electron chi connectivity index (χ2n) is 9.54. The highest BCUT2D eigenvalue weighted by atomic mass is 16.2. The second-order valence-corrected chi connectivity index (χ2v) is 9.54. The van der Waals surface area contributed by atoms with Gasteiger partial charge in [0.05, 0.1) is 5.69 Å². The molecule has 1 N–H and O–H groups in total. The van der Waals surface area contributed by atoms with E-state index in [1.54, 1.807) is 15.9 Å². The largest absolute Gasteiger partial charge is 0.342 e. The first-order chi connectivity index (χ1) is 16.0. The summed E-state index contributed by atoms with van der Waals surface area (Å²) in [6.45, 7) is 4.59. The van der Waals surface area contributed by atoms with Gasteiger partial charge in [-0.15, -0.1) is 0 Å². The fourth-order valence-corrected chi connectivity index (χ4v) is 5.09. The predicted molar refractivity (Wildman–Crippen MR) is 124 cm³/mol. The first-order valence-electron chi connectivity index (χ1n) is 11.6. The molecule has 0 bridgehead atoms. The third-order valence-corrected chi connectivity index (χ3v) is 6.75.